The van der Waals surface area contributed by atoms with E-state index in [1.54, 1.807) is 0 Å². The van der Waals surface area contributed by atoms with Crippen molar-refractivity contribution in [1.82, 2.24) is 0 Å². The van der Waals surface area contributed by atoms with Crippen molar-refractivity contribution in [2.45, 2.75) is 78.6 Å². The fraction of sp³-hybridized carbons (Fsp3) is 0.846. The number of fused-ring (bicyclic) bond motifs is 5. The van der Waals surface area contributed by atoms with Crippen LogP contribution in [-0.2, 0) is 19.2 Å². The van der Waals surface area contributed by atoms with E-state index in [0.717, 1.165) is 19.3 Å². The average molecular weight is 463 g/mol. The molecule has 4 aliphatic rings. The highest BCUT2D eigenvalue weighted by atomic mass is 16.4. The zero-order valence-electron chi connectivity index (χ0n) is 20.0. The third-order valence-corrected chi connectivity index (χ3v) is 10.8. The van der Waals surface area contributed by atoms with E-state index in [2.05, 4.69) is 13.8 Å². The largest absolute Gasteiger partial charge is 0.481 e. The number of Topliss-reactive ketones (excluding diaryl/α,β-unsaturated/α-hetero) is 1. The summed E-state index contributed by atoms with van der Waals surface area (Å²) in [6, 6.07) is 0. The summed E-state index contributed by atoms with van der Waals surface area (Å²) in [4.78, 5) is 49.0. The van der Waals surface area contributed by atoms with Crippen LogP contribution in [0.3, 0.4) is 0 Å². The summed E-state index contributed by atoms with van der Waals surface area (Å²) >= 11 is 0. The van der Waals surface area contributed by atoms with Crippen LogP contribution in [0.4, 0.5) is 0 Å². The molecule has 7 nitrogen and oxygen atoms in total. The molecule has 184 valence electrons. The Hall–Kier alpha value is -1.92. The summed E-state index contributed by atoms with van der Waals surface area (Å²) in [6.45, 7) is 6.29. The lowest BCUT2D eigenvalue weighted by atomic mass is 9.41. The number of carboxylic acid groups (broad SMARTS) is 3. The third-order valence-electron chi connectivity index (χ3n) is 10.8. The summed E-state index contributed by atoms with van der Waals surface area (Å²) in [7, 11) is 0. The van der Waals surface area contributed by atoms with Gasteiger partial charge in [0.2, 0.25) is 0 Å². The van der Waals surface area contributed by atoms with Crippen LogP contribution in [0.1, 0.15) is 78.6 Å². The number of carbonyl (C=O) groups is 4. The van der Waals surface area contributed by atoms with Crippen molar-refractivity contribution < 1.29 is 34.5 Å². The second-order valence-corrected chi connectivity index (χ2v) is 12.0. The second-order valence-electron chi connectivity index (χ2n) is 12.0. The molecule has 0 heterocycles. The highest BCUT2D eigenvalue weighted by Gasteiger charge is 2.67. The predicted molar refractivity (Wildman–Crippen MR) is 119 cm³/mol. The Kier molecular flexibility index (Phi) is 6.15. The highest BCUT2D eigenvalue weighted by Crippen LogP contribution is 2.69. The van der Waals surface area contributed by atoms with Gasteiger partial charge in [-0.15, -0.1) is 0 Å². The molecule has 7 heteroatoms. The highest BCUT2D eigenvalue weighted by molar-refractivity contribution is 5.84. The molecule has 33 heavy (non-hydrogen) atoms. The Bertz CT molecular complexity index is 852. The minimum absolute atomic E-state index is 0.00268. The quantitative estimate of drug-likeness (QED) is 0.535. The number of aliphatic carboxylic acids is 3. The van der Waals surface area contributed by atoms with Gasteiger partial charge in [-0.25, -0.2) is 0 Å². The molecule has 0 bridgehead atoms. The lowest BCUT2D eigenvalue weighted by molar-refractivity contribution is -0.182. The molecule has 3 N–H and O–H groups in total. The zero-order chi connectivity index (χ0) is 24.3. The van der Waals surface area contributed by atoms with Gasteiger partial charge in [0.15, 0.2) is 0 Å². The first-order valence-electron chi connectivity index (χ1n) is 12.6. The number of ketones is 1. The van der Waals surface area contributed by atoms with Gasteiger partial charge in [0.1, 0.15) is 5.78 Å². The molecule has 4 aliphatic carbocycles. The van der Waals surface area contributed by atoms with Crippen molar-refractivity contribution in [3.05, 3.63) is 0 Å². The molecule has 0 aliphatic heterocycles. The van der Waals surface area contributed by atoms with Gasteiger partial charge in [0.05, 0.1) is 11.8 Å². The molecule has 0 saturated heterocycles. The Labute approximate surface area is 195 Å². The van der Waals surface area contributed by atoms with E-state index < -0.39 is 35.2 Å². The fourth-order valence-corrected chi connectivity index (χ4v) is 9.05. The van der Waals surface area contributed by atoms with Gasteiger partial charge in [-0.1, -0.05) is 20.8 Å². The maximum absolute atomic E-state index is 13.6. The van der Waals surface area contributed by atoms with E-state index in [9.17, 15) is 29.4 Å². The lowest BCUT2D eigenvalue weighted by Gasteiger charge is -2.61. The normalized spacial score (nSPS) is 45.4. The van der Waals surface area contributed by atoms with Crippen molar-refractivity contribution >= 4 is 23.7 Å². The van der Waals surface area contributed by atoms with Crippen LogP contribution in [0.2, 0.25) is 0 Å². The van der Waals surface area contributed by atoms with Crippen LogP contribution in [0.5, 0.6) is 0 Å². The molecule has 0 unspecified atom stereocenters. The molecular weight excluding hydrogens is 424 g/mol. The first-order valence-corrected chi connectivity index (χ1v) is 12.6. The maximum atomic E-state index is 13.6. The van der Waals surface area contributed by atoms with E-state index in [-0.39, 0.29) is 53.1 Å². The average Bonchev–Trinajstić information content (AvgIpc) is 3.09. The van der Waals surface area contributed by atoms with Crippen LogP contribution < -0.4 is 0 Å². The lowest BCUT2D eigenvalue weighted by Crippen LogP contribution is -2.61. The first-order chi connectivity index (χ1) is 15.4. The Balaban J connectivity index is 1.67. The van der Waals surface area contributed by atoms with Gasteiger partial charge in [-0.3, -0.25) is 19.2 Å². The summed E-state index contributed by atoms with van der Waals surface area (Å²) in [6.07, 6.45) is 4.95. The predicted octanol–water partition coefficient (Wildman–Crippen LogP) is 4.34. The van der Waals surface area contributed by atoms with E-state index in [1.165, 1.54) is 0 Å². The van der Waals surface area contributed by atoms with Crippen LogP contribution in [0, 0.1) is 58.2 Å². The molecule has 4 saturated carbocycles. The standard InChI is InChI=1S/C26H38O7/c1-13(4-7-21(28)29)16-5-6-17-22-18(12-19(24(32)33)26(16,17)3)25(2)9-8-14(23(30)31)10-15(25)11-20(22)27/h13-19,22H,4-12H2,1-3H3,(H,28,29)(H,30,31)(H,32,33)/t13-,14+,15-,16+,17-,18-,19+,22-,25-,26+/m0/s1. The van der Waals surface area contributed by atoms with E-state index in [1.807, 2.05) is 6.92 Å². The molecule has 10 atom stereocenters. The topological polar surface area (TPSA) is 129 Å². The van der Waals surface area contributed by atoms with Crippen LogP contribution >= 0.6 is 0 Å². The Morgan fingerprint density at radius 3 is 2.30 bits per heavy atom. The summed E-state index contributed by atoms with van der Waals surface area (Å²) < 4.78 is 0. The molecule has 0 aromatic carbocycles. The molecule has 4 fully saturated rings. The van der Waals surface area contributed by atoms with Gasteiger partial charge < -0.3 is 15.3 Å². The molecule has 0 aromatic rings. The third kappa shape index (κ3) is 3.70. The van der Waals surface area contributed by atoms with Crippen molar-refractivity contribution in [1.29, 1.82) is 0 Å². The Morgan fingerprint density at radius 1 is 1.00 bits per heavy atom. The number of hydrogen-bond acceptors (Lipinski definition) is 4. The number of rotatable bonds is 6. The SMILES string of the molecule is C[C@@H](CCC(=O)O)[C@H]1CC[C@H]2[C@@H]3C(=O)C[C@@H]4C[C@H](C(=O)O)CC[C@]4(C)[C@H]3C[C@H](C(=O)O)[C@]12C. The number of hydrogen-bond donors (Lipinski definition) is 3. The van der Waals surface area contributed by atoms with Crippen molar-refractivity contribution in [3.8, 4) is 0 Å². The van der Waals surface area contributed by atoms with Gasteiger partial charge >= 0.3 is 17.9 Å². The molecule has 0 aromatic heterocycles. The minimum Gasteiger partial charge on any atom is -0.481 e. The van der Waals surface area contributed by atoms with Crippen molar-refractivity contribution in [3.63, 3.8) is 0 Å². The molecule has 4 rings (SSSR count). The van der Waals surface area contributed by atoms with Crippen LogP contribution in [0.25, 0.3) is 0 Å². The van der Waals surface area contributed by atoms with Crippen LogP contribution in [0.15, 0.2) is 0 Å². The Morgan fingerprint density at radius 2 is 1.70 bits per heavy atom. The summed E-state index contributed by atoms with van der Waals surface area (Å²) in [5.74, 6) is -3.22. The minimum atomic E-state index is -0.835. The van der Waals surface area contributed by atoms with E-state index in [4.69, 9.17) is 5.11 Å². The molecule has 0 radical (unpaired) electrons. The molecular formula is C26H38O7. The monoisotopic (exact) mass is 462 g/mol. The number of carboxylic acids is 3. The van der Waals surface area contributed by atoms with Crippen LogP contribution in [-0.4, -0.2) is 39.0 Å². The second kappa shape index (κ2) is 8.38. The summed E-state index contributed by atoms with van der Waals surface area (Å²) in [5.41, 5.74) is -0.728. The summed E-state index contributed by atoms with van der Waals surface area (Å²) in [5, 5.41) is 29.1. The smallest absolute Gasteiger partial charge is 0.307 e. The maximum Gasteiger partial charge on any atom is 0.307 e. The van der Waals surface area contributed by atoms with Gasteiger partial charge in [-0.2, -0.15) is 0 Å². The van der Waals surface area contributed by atoms with E-state index in [0.29, 0.717) is 32.1 Å². The van der Waals surface area contributed by atoms with Crippen molar-refractivity contribution in [2.75, 3.05) is 0 Å². The number of carbonyl (C=O) groups excluding carboxylic acids is 1. The fourth-order valence-electron chi connectivity index (χ4n) is 9.05. The van der Waals surface area contributed by atoms with Gasteiger partial charge in [-0.05, 0) is 85.4 Å². The van der Waals surface area contributed by atoms with Crippen molar-refractivity contribution in [2.24, 2.45) is 58.2 Å². The van der Waals surface area contributed by atoms with E-state index >= 15 is 0 Å². The van der Waals surface area contributed by atoms with Gasteiger partial charge in [0, 0.05) is 18.8 Å². The van der Waals surface area contributed by atoms with Gasteiger partial charge in [0.25, 0.3) is 0 Å². The molecule has 0 spiro atoms. The zero-order valence-corrected chi connectivity index (χ0v) is 20.0. The first kappa shape index (κ1) is 24.2. The molecule has 0 amide bonds.